The second-order valence-electron chi connectivity index (χ2n) is 5.96. The van der Waals surface area contributed by atoms with Crippen LogP contribution in [0.5, 0.6) is 5.75 Å². The summed E-state index contributed by atoms with van der Waals surface area (Å²) in [5.41, 5.74) is 0.537. The van der Waals surface area contributed by atoms with Crippen LogP contribution in [0.15, 0.2) is 24.8 Å². The fourth-order valence-electron chi connectivity index (χ4n) is 2.87. The molecule has 1 aliphatic heterocycles. The van der Waals surface area contributed by atoms with Crippen LogP contribution in [0.1, 0.15) is 55.3 Å². The molecule has 3 rings (SSSR count). The van der Waals surface area contributed by atoms with Crippen LogP contribution in [0.4, 0.5) is 0 Å². The van der Waals surface area contributed by atoms with Crippen LogP contribution >= 0.6 is 0 Å². The predicted molar refractivity (Wildman–Crippen MR) is 84.0 cm³/mol. The molecule has 1 N–H and O–H groups in total. The summed E-state index contributed by atoms with van der Waals surface area (Å²) >= 11 is 0. The fourth-order valence-corrected chi connectivity index (χ4v) is 2.87. The van der Waals surface area contributed by atoms with E-state index >= 15 is 0 Å². The van der Waals surface area contributed by atoms with Gasteiger partial charge in [-0.2, -0.15) is 5.10 Å². The molecule has 7 nitrogen and oxygen atoms in total. The highest BCUT2D eigenvalue weighted by molar-refractivity contribution is 5.94. The normalized spacial score (nSPS) is 18.2. The topological polar surface area (TPSA) is 84.0 Å². The Hall–Kier alpha value is -2.44. The summed E-state index contributed by atoms with van der Waals surface area (Å²) in [6, 6.07) is 1.69. The van der Waals surface area contributed by atoms with Crippen LogP contribution < -0.4 is 4.74 Å². The van der Waals surface area contributed by atoms with Gasteiger partial charge in [-0.05, 0) is 39.2 Å². The van der Waals surface area contributed by atoms with E-state index in [0.29, 0.717) is 17.9 Å². The van der Waals surface area contributed by atoms with Crippen molar-refractivity contribution >= 4 is 5.91 Å². The fraction of sp³-hybridized carbons (Fsp3) is 0.500. The molecule has 1 aliphatic rings. The van der Waals surface area contributed by atoms with Gasteiger partial charge in [-0.3, -0.25) is 14.9 Å². The lowest BCUT2D eigenvalue weighted by Crippen LogP contribution is -2.39. The van der Waals surface area contributed by atoms with E-state index in [1.807, 2.05) is 18.7 Å². The largest absolute Gasteiger partial charge is 0.489 e. The molecule has 0 spiro atoms. The van der Waals surface area contributed by atoms with Gasteiger partial charge in [0.2, 0.25) is 0 Å². The van der Waals surface area contributed by atoms with Gasteiger partial charge in [-0.1, -0.05) is 0 Å². The zero-order valence-corrected chi connectivity index (χ0v) is 13.4. The van der Waals surface area contributed by atoms with Gasteiger partial charge in [0.15, 0.2) is 0 Å². The maximum atomic E-state index is 12.9. The highest BCUT2D eigenvalue weighted by atomic mass is 16.5. The first-order chi connectivity index (χ1) is 11.1. The van der Waals surface area contributed by atoms with E-state index in [2.05, 4.69) is 20.2 Å². The van der Waals surface area contributed by atoms with Gasteiger partial charge >= 0.3 is 0 Å². The molecule has 7 heteroatoms. The Balaban J connectivity index is 1.83. The Labute approximate surface area is 135 Å². The lowest BCUT2D eigenvalue weighted by atomic mass is 10.0. The van der Waals surface area contributed by atoms with Crippen LogP contribution in [-0.2, 0) is 0 Å². The van der Waals surface area contributed by atoms with Gasteiger partial charge in [0.1, 0.15) is 17.9 Å². The molecule has 0 aromatic carbocycles. The van der Waals surface area contributed by atoms with E-state index in [4.69, 9.17) is 4.74 Å². The number of pyridine rings is 1. The maximum Gasteiger partial charge on any atom is 0.256 e. The van der Waals surface area contributed by atoms with Crippen molar-refractivity contribution in [3.63, 3.8) is 0 Å². The lowest BCUT2D eigenvalue weighted by Gasteiger charge is -2.34. The van der Waals surface area contributed by atoms with E-state index in [9.17, 15) is 4.79 Å². The van der Waals surface area contributed by atoms with Crippen LogP contribution in [0, 0.1) is 0 Å². The second kappa shape index (κ2) is 6.76. The minimum absolute atomic E-state index is 0.0408. The van der Waals surface area contributed by atoms with Gasteiger partial charge in [0, 0.05) is 12.7 Å². The Morgan fingerprint density at radius 3 is 3.00 bits per heavy atom. The molecule has 1 unspecified atom stereocenters. The zero-order valence-electron chi connectivity index (χ0n) is 13.4. The maximum absolute atomic E-state index is 12.9. The number of ether oxygens (including phenoxy) is 1. The number of aromatic nitrogens is 4. The Morgan fingerprint density at radius 2 is 2.26 bits per heavy atom. The summed E-state index contributed by atoms with van der Waals surface area (Å²) in [4.78, 5) is 23.1. The number of hydrogen-bond acceptors (Lipinski definition) is 5. The van der Waals surface area contributed by atoms with Crippen molar-refractivity contribution in [2.75, 3.05) is 6.54 Å². The number of aromatic amines is 1. The Kier molecular flexibility index (Phi) is 4.55. The molecule has 23 heavy (non-hydrogen) atoms. The Morgan fingerprint density at radius 1 is 1.39 bits per heavy atom. The minimum Gasteiger partial charge on any atom is -0.489 e. The number of amides is 1. The molecule has 122 valence electrons. The SMILES string of the molecule is CC(C)Oc1cncc(C(=O)N2CCCCC2c2ncn[nH]2)c1. The number of carbonyl (C=O) groups is 1. The summed E-state index contributed by atoms with van der Waals surface area (Å²) in [6.45, 7) is 4.59. The first-order valence-electron chi connectivity index (χ1n) is 7.93. The quantitative estimate of drug-likeness (QED) is 0.936. The van der Waals surface area contributed by atoms with Crippen molar-refractivity contribution in [3.05, 3.63) is 36.2 Å². The smallest absolute Gasteiger partial charge is 0.256 e. The molecule has 0 aliphatic carbocycles. The number of H-pyrrole nitrogens is 1. The molecular formula is C16H21N5O2. The van der Waals surface area contributed by atoms with Crippen LogP contribution in [0.25, 0.3) is 0 Å². The van der Waals surface area contributed by atoms with Gasteiger partial charge in [-0.15, -0.1) is 0 Å². The highest BCUT2D eigenvalue weighted by Crippen LogP contribution is 2.30. The first-order valence-corrected chi connectivity index (χ1v) is 7.93. The third-order valence-corrected chi connectivity index (χ3v) is 3.84. The van der Waals surface area contributed by atoms with E-state index in [-0.39, 0.29) is 18.1 Å². The minimum atomic E-state index is -0.0616. The zero-order chi connectivity index (χ0) is 16.2. The molecule has 0 radical (unpaired) electrons. The monoisotopic (exact) mass is 315 g/mol. The van der Waals surface area contributed by atoms with E-state index in [1.54, 1.807) is 18.5 Å². The van der Waals surface area contributed by atoms with Gasteiger partial charge in [0.25, 0.3) is 5.91 Å². The van der Waals surface area contributed by atoms with Crippen molar-refractivity contribution in [1.82, 2.24) is 25.1 Å². The predicted octanol–water partition coefficient (Wildman–Crippen LogP) is 2.35. The molecule has 3 heterocycles. The number of piperidine rings is 1. The first kappa shape index (κ1) is 15.5. The molecular weight excluding hydrogens is 294 g/mol. The van der Waals surface area contributed by atoms with E-state index < -0.39 is 0 Å². The standard InChI is InChI=1S/C16H21N5O2/c1-11(2)23-13-7-12(8-17-9-13)16(22)21-6-4-3-5-14(21)15-18-10-19-20-15/h7-11,14H,3-6H2,1-2H3,(H,18,19,20). The summed E-state index contributed by atoms with van der Waals surface area (Å²) in [6.07, 6.45) is 7.68. The third kappa shape index (κ3) is 3.49. The number of nitrogens with one attached hydrogen (secondary N) is 1. The molecule has 0 saturated carbocycles. The van der Waals surface area contributed by atoms with Crippen molar-refractivity contribution in [1.29, 1.82) is 0 Å². The van der Waals surface area contributed by atoms with Gasteiger partial charge in [0.05, 0.1) is 23.9 Å². The summed E-state index contributed by atoms with van der Waals surface area (Å²) in [5, 5.41) is 6.79. The van der Waals surface area contributed by atoms with E-state index in [0.717, 1.165) is 25.1 Å². The summed E-state index contributed by atoms with van der Waals surface area (Å²) in [7, 11) is 0. The van der Waals surface area contributed by atoms with Crippen LogP contribution in [0.2, 0.25) is 0 Å². The summed E-state index contributed by atoms with van der Waals surface area (Å²) < 4.78 is 5.63. The number of nitrogens with zero attached hydrogens (tertiary/aromatic N) is 4. The number of hydrogen-bond donors (Lipinski definition) is 1. The Bertz CT molecular complexity index is 656. The van der Waals surface area contributed by atoms with Crippen molar-refractivity contribution < 1.29 is 9.53 Å². The molecule has 1 atom stereocenters. The molecule has 0 bridgehead atoms. The van der Waals surface area contributed by atoms with Crippen LogP contribution in [-0.4, -0.2) is 43.6 Å². The molecule has 1 saturated heterocycles. The number of rotatable bonds is 4. The van der Waals surface area contributed by atoms with Crippen molar-refractivity contribution in [3.8, 4) is 5.75 Å². The van der Waals surface area contributed by atoms with E-state index in [1.165, 1.54) is 6.33 Å². The average molecular weight is 315 g/mol. The summed E-state index contributed by atoms with van der Waals surface area (Å²) in [5.74, 6) is 1.30. The average Bonchev–Trinajstić information content (AvgIpc) is 3.08. The van der Waals surface area contributed by atoms with Gasteiger partial charge in [-0.25, -0.2) is 4.98 Å². The van der Waals surface area contributed by atoms with Crippen molar-refractivity contribution in [2.45, 2.75) is 45.3 Å². The van der Waals surface area contributed by atoms with Gasteiger partial charge < -0.3 is 9.64 Å². The highest BCUT2D eigenvalue weighted by Gasteiger charge is 2.30. The molecule has 2 aromatic rings. The number of likely N-dealkylation sites (tertiary alicyclic amines) is 1. The van der Waals surface area contributed by atoms with Crippen LogP contribution in [0.3, 0.4) is 0 Å². The second-order valence-corrected chi connectivity index (χ2v) is 5.96. The van der Waals surface area contributed by atoms with Crippen molar-refractivity contribution in [2.24, 2.45) is 0 Å². The molecule has 1 amide bonds. The third-order valence-electron chi connectivity index (χ3n) is 3.84. The molecule has 2 aromatic heterocycles. The lowest BCUT2D eigenvalue weighted by molar-refractivity contribution is 0.0599. The number of carbonyl (C=O) groups excluding carboxylic acids is 1. The molecule has 1 fully saturated rings.